The molecule has 0 aliphatic rings. The van der Waals surface area contributed by atoms with Gasteiger partial charge in [-0.2, -0.15) is 0 Å². The summed E-state index contributed by atoms with van der Waals surface area (Å²) in [5.41, 5.74) is 0. The molecule has 0 fully saturated rings. The molecule has 0 amide bonds. The Morgan fingerprint density at radius 1 is 1.24 bits per heavy atom. The molecule has 0 aliphatic heterocycles. The lowest BCUT2D eigenvalue weighted by molar-refractivity contribution is -0.634. The van der Waals surface area contributed by atoms with Crippen molar-refractivity contribution in [1.82, 2.24) is 0 Å². The van der Waals surface area contributed by atoms with Crippen molar-refractivity contribution in [2.75, 3.05) is 26.8 Å². The molecule has 3 nitrogen and oxygen atoms in total. The number of benzene rings is 1. The molecule has 0 aromatic heterocycles. The van der Waals surface area contributed by atoms with Crippen molar-refractivity contribution >= 4 is 0 Å². The van der Waals surface area contributed by atoms with E-state index in [9.17, 15) is 0 Å². The number of quaternary nitrogens is 1. The molecule has 0 bridgehead atoms. The Labute approximate surface area is 102 Å². The fraction of sp³-hybridized carbons (Fsp3) is 0.286. The van der Waals surface area contributed by atoms with Gasteiger partial charge in [-0.05, 0) is 36.3 Å². The predicted octanol–water partition coefficient (Wildman–Crippen LogP) is 0.827. The third kappa shape index (κ3) is 5.64. The van der Waals surface area contributed by atoms with E-state index in [2.05, 4.69) is 23.7 Å². The highest BCUT2D eigenvalue weighted by atomic mass is 16.5. The number of hydrogen-bond acceptors (Lipinski definition) is 2. The van der Waals surface area contributed by atoms with Gasteiger partial charge in [0, 0.05) is 0 Å². The summed E-state index contributed by atoms with van der Waals surface area (Å²) in [6, 6.07) is 7.45. The summed E-state index contributed by atoms with van der Waals surface area (Å²) in [6.45, 7) is 5.72. The van der Waals surface area contributed by atoms with Gasteiger partial charge in [0.2, 0.25) is 0 Å². The lowest BCUT2D eigenvalue weighted by Gasteiger charge is -2.03. The first-order valence-corrected chi connectivity index (χ1v) is 5.52. The smallest absolute Gasteiger partial charge is 0.149 e. The molecular formula is C14H18NO2+. The van der Waals surface area contributed by atoms with E-state index in [0.717, 1.165) is 24.6 Å². The van der Waals surface area contributed by atoms with Crippen molar-refractivity contribution in [2.45, 2.75) is 0 Å². The molecule has 0 heterocycles. The van der Waals surface area contributed by atoms with Crippen LogP contribution < -0.4 is 14.8 Å². The van der Waals surface area contributed by atoms with E-state index in [-0.39, 0.29) is 0 Å². The van der Waals surface area contributed by atoms with Crippen LogP contribution in [-0.2, 0) is 0 Å². The van der Waals surface area contributed by atoms with Crippen LogP contribution in [0.2, 0.25) is 0 Å². The van der Waals surface area contributed by atoms with Crippen LogP contribution in [0.1, 0.15) is 0 Å². The SMILES string of the molecule is C=CC[NH2+]CC#CCOc1ccc(OC)cc1. The van der Waals surface area contributed by atoms with Crippen LogP contribution >= 0.6 is 0 Å². The van der Waals surface area contributed by atoms with Crippen LogP contribution in [-0.4, -0.2) is 26.8 Å². The number of hydrogen-bond donors (Lipinski definition) is 1. The topological polar surface area (TPSA) is 35.1 Å². The van der Waals surface area contributed by atoms with Gasteiger partial charge in [0.1, 0.15) is 24.7 Å². The van der Waals surface area contributed by atoms with Crippen molar-refractivity contribution in [3.05, 3.63) is 36.9 Å². The normalized spacial score (nSPS) is 9.00. The predicted molar refractivity (Wildman–Crippen MR) is 68.1 cm³/mol. The van der Waals surface area contributed by atoms with Gasteiger partial charge in [-0.15, -0.1) is 0 Å². The molecule has 0 saturated carbocycles. The number of methoxy groups -OCH3 is 1. The van der Waals surface area contributed by atoms with Crippen LogP contribution in [0.5, 0.6) is 11.5 Å². The second-order valence-corrected chi connectivity index (χ2v) is 3.33. The van der Waals surface area contributed by atoms with Crippen molar-refractivity contribution < 1.29 is 14.8 Å². The number of nitrogens with two attached hydrogens (primary N) is 1. The Morgan fingerprint density at radius 2 is 1.94 bits per heavy atom. The summed E-state index contributed by atoms with van der Waals surface area (Å²) in [5, 5.41) is 2.08. The van der Waals surface area contributed by atoms with Crippen LogP contribution in [0.4, 0.5) is 0 Å². The van der Waals surface area contributed by atoms with Crippen LogP contribution in [0, 0.1) is 11.8 Å². The molecule has 0 aliphatic carbocycles. The lowest BCUT2D eigenvalue weighted by Crippen LogP contribution is -2.83. The van der Waals surface area contributed by atoms with Gasteiger partial charge in [-0.1, -0.05) is 12.5 Å². The minimum Gasteiger partial charge on any atom is -0.497 e. The molecule has 2 N–H and O–H groups in total. The van der Waals surface area contributed by atoms with E-state index in [0.29, 0.717) is 6.61 Å². The molecule has 3 heteroatoms. The highest BCUT2D eigenvalue weighted by molar-refractivity contribution is 5.31. The summed E-state index contributed by atoms with van der Waals surface area (Å²) in [5.74, 6) is 7.59. The van der Waals surface area contributed by atoms with Crippen LogP contribution in [0.15, 0.2) is 36.9 Å². The third-order valence-electron chi connectivity index (χ3n) is 2.08. The van der Waals surface area contributed by atoms with Crippen molar-refractivity contribution in [1.29, 1.82) is 0 Å². The summed E-state index contributed by atoms with van der Waals surface area (Å²) in [6.07, 6.45) is 1.86. The molecule has 1 aromatic carbocycles. The van der Waals surface area contributed by atoms with Gasteiger partial charge < -0.3 is 14.8 Å². The van der Waals surface area contributed by atoms with E-state index in [1.807, 2.05) is 30.3 Å². The maximum absolute atomic E-state index is 5.45. The molecule has 17 heavy (non-hydrogen) atoms. The van der Waals surface area contributed by atoms with Crippen molar-refractivity contribution in [3.63, 3.8) is 0 Å². The zero-order valence-corrected chi connectivity index (χ0v) is 10.1. The molecule has 0 unspecified atom stereocenters. The molecule has 0 atom stereocenters. The van der Waals surface area contributed by atoms with Crippen molar-refractivity contribution in [2.24, 2.45) is 0 Å². The third-order valence-corrected chi connectivity index (χ3v) is 2.08. The first kappa shape index (κ1) is 13.1. The number of rotatable bonds is 6. The monoisotopic (exact) mass is 232 g/mol. The van der Waals surface area contributed by atoms with Gasteiger partial charge in [-0.25, -0.2) is 0 Å². The fourth-order valence-corrected chi connectivity index (χ4v) is 1.19. The molecule has 1 aromatic rings. The zero-order chi connectivity index (χ0) is 12.3. The fourth-order valence-electron chi connectivity index (χ4n) is 1.19. The van der Waals surface area contributed by atoms with E-state index < -0.39 is 0 Å². The van der Waals surface area contributed by atoms with Gasteiger partial charge in [0.05, 0.1) is 13.7 Å². The zero-order valence-electron chi connectivity index (χ0n) is 10.1. The van der Waals surface area contributed by atoms with Gasteiger partial charge >= 0.3 is 0 Å². The Morgan fingerprint density at radius 3 is 2.59 bits per heavy atom. The van der Waals surface area contributed by atoms with E-state index in [4.69, 9.17) is 9.47 Å². The molecule has 0 radical (unpaired) electrons. The maximum Gasteiger partial charge on any atom is 0.149 e. The molecule has 0 saturated heterocycles. The average Bonchev–Trinajstić information content (AvgIpc) is 2.38. The Bertz CT molecular complexity index is 387. The largest absolute Gasteiger partial charge is 0.497 e. The Balaban J connectivity index is 2.23. The average molecular weight is 232 g/mol. The summed E-state index contributed by atoms with van der Waals surface area (Å²) < 4.78 is 10.5. The molecule has 90 valence electrons. The molecule has 0 spiro atoms. The van der Waals surface area contributed by atoms with Crippen LogP contribution in [0.3, 0.4) is 0 Å². The minimum absolute atomic E-state index is 0.411. The van der Waals surface area contributed by atoms with E-state index >= 15 is 0 Å². The molecular weight excluding hydrogens is 214 g/mol. The van der Waals surface area contributed by atoms with Crippen molar-refractivity contribution in [3.8, 4) is 23.3 Å². The standard InChI is InChI=1S/C14H17NO2/c1-3-10-15-11-4-5-12-17-14-8-6-13(16-2)7-9-14/h3,6-9,15H,1,10-12H2,2H3/p+1. The first-order chi connectivity index (χ1) is 8.36. The van der Waals surface area contributed by atoms with Gasteiger partial charge in [0.25, 0.3) is 0 Å². The highest BCUT2D eigenvalue weighted by Gasteiger charge is 1.92. The maximum atomic E-state index is 5.45. The molecule has 1 rings (SSSR count). The van der Waals surface area contributed by atoms with Gasteiger partial charge in [0.15, 0.2) is 0 Å². The Hall–Kier alpha value is -1.92. The quantitative estimate of drug-likeness (QED) is 0.448. The summed E-state index contributed by atoms with van der Waals surface area (Å²) >= 11 is 0. The minimum atomic E-state index is 0.411. The second kappa shape index (κ2) is 8.26. The van der Waals surface area contributed by atoms with Gasteiger partial charge in [-0.3, -0.25) is 0 Å². The van der Waals surface area contributed by atoms with Crippen LogP contribution in [0.25, 0.3) is 0 Å². The summed E-state index contributed by atoms with van der Waals surface area (Å²) in [7, 11) is 1.64. The number of ether oxygens (including phenoxy) is 2. The Kier molecular flexibility index (Phi) is 6.39. The lowest BCUT2D eigenvalue weighted by atomic mass is 10.3. The van der Waals surface area contributed by atoms with E-state index in [1.165, 1.54) is 0 Å². The second-order valence-electron chi connectivity index (χ2n) is 3.33. The highest BCUT2D eigenvalue weighted by Crippen LogP contribution is 2.16. The van der Waals surface area contributed by atoms with E-state index in [1.54, 1.807) is 7.11 Å². The first-order valence-electron chi connectivity index (χ1n) is 5.52. The summed E-state index contributed by atoms with van der Waals surface area (Å²) in [4.78, 5) is 0.